The van der Waals surface area contributed by atoms with Crippen LogP contribution in [0, 0.1) is 17.8 Å². The van der Waals surface area contributed by atoms with Crippen molar-refractivity contribution in [3.63, 3.8) is 0 Å². The Hall–Kier alpha value is -0.850. The van der Waals surface area contributed by atoms with Crippen molar-refractivity contribution in [1.29, 1.82) is 0 Å². The Labute approximate surface area is 86.6 Å². The van der Waals surface area contributed by atoms with Crippen molar-refractivity contribution in [3.05, 3.63) is 23.3 Å². The highest BCUT2D eigenvalue weighted by molar-refractivity contribution is 5.69. The first-order chi connectivity index (χ1) is 6.61. The highest BCUT2D eigenvalue weighted by atomic mass is 14.8. The van der Waals surface area contributed by atoms with E-state index in [1.807, 2.05) is 0 Å². The molecular formula is C13H19N. The van der Waals surface area contributed by atoms with Crippen LogP contribution in [0.1, 0.15) is 27.7 Å². The molecule has 0 radical (unpaired) electrons. The van der Waals surface area contributed by atoms with Gasteiger partial charge >= 0.3 is 0 Å². The van der Waals surface area contributed by atoms with E-state index in [1.165, 1.54) is 0 Å². The minimum absolute atomic E-state index is 0.392. The number of aliphatic imine (C=N–C) groups is 1. The van der Waals surface area contributed by atoms with E-state index in [0.29, 0.717) is 23.8 Å². The standard InChI is InChI=1S/C13H19N/c1-8-5-6-9(2)13-11(4)14-7-10(3)12(8)13/h5-11H,1-4H3. The molecule has 1 nitrogen and oxygen atoms in total. The molecule has 0 bridgehead atoms. The summed E-state index contributed by atoms with van der Waals surface area (Å²) in [5.41, 5.74) is 3.18. The molecule has 0 N–H and O–H groups in total. The van der Waals surface area contributed by atoms with Crippen molar-refractivity contribution in [2.75, 3.05) is 0 Å². The van der Waals surface area contributed by atoms with Gasteiger partial charge in [0.1, 0.15) is 0 Å². The Bertz CT molecular complexity index is 262. The number of rotatable bonds is 0. The Morgan fingerprint density at radius 3 is 2.00 bits per heavy atom. The van der Waals surface area contributed by atoms with Crippen LogP contribution in [0.4, 0.5) is 0 Å². The topological polar surface area (TPSA) is 12.4 Å². The first-order valence-corrected chi connectivity index (χ1v) is 5.56. The molecule has 1 heterocycles. The van der Waals surface area contributed by atoms with E-state index in [-0.39, 0.29) is 0 Å². The van der Waals surface area contributed by atoms with E-state index in [4.69, 9.17) is 0 Å². The second-order valence-electron chi connectivity index (χ2n) is 4.64. The maximum atomic E-state index is 4.56. The molecule has 4 unspecified atom stereocenters. The van der Waals surface area contributed by atoms with Crippen LogP contribution in [-0.2, 0) is 0 Å². The summed E-state index contributed by atoms with van der Waals surface area (Å²) >= 11 is 0. The average molecular weight is 189 g/mol. The summed E-state index contributed by atoms with van der Waals surface area (Å²) in [6.45, 7) is 9.04. The predicted molar refractivity (Wildman–Crippen MR) is 61.6 cm³/mol. The van der Waals surface area contributed by atoms with Gasteiger partial charge in [-0.05, 0) is 24.3 Å². The molecule has 4 atom stereocenters. The van der Waals surface area contributed by atoms with Crippen LogP contribution < -0.4 is 0 Å². The SMILES string of the molecule is CC1C=CC(C)C2=C1C(C)C=NC2C. The summed E-state index contributed by atoms with van der Waals surface area (Å²) in [7, 11) is 0. The summed E-state index contributed by atoms with van der Waals surface area (Å²) in [6, 6.07) is 0.392. The minimum atomic E-state index is 0.392. The molecule has 2 aliphatic rings. The minimum Gasteiger partial charge on any atom is -0.289 e. The van der Waals surface area contributed by atoms with Crippen molar-refractivity contribution in [2.45, 2.75) is 33.7 Å². The van der Waals surface area contributed by atoms with Crippen LogP contribution in [-0.4, -0.2) is 12.3 Å². The maximum absolute atomic E-state index is 4.56. The zero-order chi connectivity index (χ0) is 10.3. The average Bonchev–Trinajstić information content (AvgIpc) is 2.16. The zero-order valence-electron chi connectivity index (χ0n) is 9.49. The van der Waals surface area contributed by atoms with Gasteiger partial charge in [-0.2, -0.15) is 0 Å². The Balaban J connectivity index is 2.44. The lowest BCUT2D eigenvalue weighted by atomic mass is 9.74. The molecule has 0 saturated heterocycles. The van der Waals surface area contributed by atoms with Gasteiger partial charge in [-0.15, -0.1) is 0 Å². The fraction of sp³-hybridized carbons (Fsp3) is 0.615. The molecule has 14 heavy (non-hydrogen) atoms. The van der Waals surface area contributed by atoms with Gasteiger partial charge in [-0.1, -0.05) is 38.5 Å². The van der Waals surface area contributed by atoms with E-state index in [9.17, 15) is 0 Å². The van der Waals surface area contributed by atoms with Crippen LogP contribution in [0.25, 0.3) is 0 Å². The molecule has 1 aliphatic heterocycles. The van der Waals surface area contributed by atoms with Gasteiger partial charge in [0.2, 0.25) is 0 Å². The van der Waals surface area contributed by atoms with Gasteiger partial charge < -0.3 is 0 Å². The molecule has 1 heteroatoms. The summed E-state index contributed by atoms with van der Waals surface area (Å²) in [6.07, 6.45) is 6.78. The van der Waals surface area contributed by atoms with Crippen molar-refractivity contribution in [3.8, 4) is 0 Å². The van der Waals surface area contributed by atoms with E-state index in [0.717, 1.165) is 0 Å². The maximum Gasteiger partial charge on any atom is 0.0685 e. The normalized spacial score (nSPS) is 41.4. The van der Waals surface area contributed by atoms with Gasteiger partial charge in [0.05, 0.1) is 6.04 Å². The van der Waals surface area contributed by atoms with Crippen LogP contribution in [0.5, 0.6) is 0 Å². The van der Waals surface area contributed by atoms with Gasteiger partial charge in [-0.25, -0.2) is 0 Å². The summed E-state index contributed by atoms with van der Waals surface area (Å²) in [5.74, 6) is 1.71. The lowest BCUT2D eigenvalue weighted by molar-refractivity contribution is 0.598. The molecule has 1 aliphatic carbocycles. The quantitative estimate of drug-likeness (QED) is 0.519. The number of hydrogen-bond donors (Lipinski definition) is 0. The van der Waals surface area contributed by atoms with Gasteiger partial charge in [0, 0.05) is 12.1 Å². The molecule has 0 fully saturated rings. The smallest absolute Gasteiger partial charge is 0.0685 e. The van der Waals surface area contributed by atoms with Crippen LogP contribution in [0.15, 0.2) is 28.3 Å². The fourth-order valence-corrected chi connectivity index (χ4v) is 2.78. The van der Waals surface area contributed by atoms with Crippen molar-refractivity contribution in [2.24, 2.45) is 22.7 Å². The lowest BCUT2D eigenvalue weighted by Gasteiger charge is -2.34. The first-order valence-electron chi connectivity index (χ1n) is 5.56. The Kier molecular flexibility index (Phi) is 2.34. The predicted octanol–water partition coefficient (Wildman–Crippen LogP) is 3.23. The number of allylic oxidation sites excluding steroid dienone is 3. The molecule has 0 amide bonds. The highest BCUT2D eigenvalue weighted by Crippen LogP contribution is 2.37. The molecule has 0 spiro atoms. The Morgan fingerprint density at radius 2 is 1.43 bits per heavy atom. The third kappa shape index (κ3) is 1.35. The second-order valence-corrected chi connectivity index (χ2v) is 4.64. The van der Waals surface area contributed by atoms with E-state index < -0.39 is 0 Å². The molecule has 0 aromatic rings. The summed E-state index contributed by atoms with van der Waals surface area (Å²) in [5, 5.41) is 0. The molecule has 76 valence electrons. The first kappa shape index (κ1) is 9.70. The van der Waals surface area contributed by atoms with Crippen LogP contribution in [0.2, 0.25) is 0 Å². The monoisotopic (exact) mass is 189 g/mol. The fourth-order valence-electron chi connectivity index (χ4n) is 2.78. The summed E-state index contributed by atoms with van der Waals surface area (Å²) in [4.78, 5) is 4.56. The van der Waals surface area contributed by atoms with Gasteiger partial charge in [0.25, 0.3) is 0 Å². The number of nitrogens with zero attached hydrogens (tertiary/aromatic N) is 1. The molecular weight excluding hydrogens is 170 g/mol. The van der Waals surface area contributed by atoms with E-state index in [2.05, 4.69) is 51.1 Å². The van der Waals surface area contributed by atoms with Crippen molar-refractivity contribution in [1.82, 2.24) is 0 Å². The van der Waals surface area contributed by atoms with Crippen molar-refractivity contribution >= 4 is 6.21 Å². The molecule has 0 aromatic carbocycles. The summed E-state index contributed by atoms with van der Waals surface area (Å²) < 4.78 is 0. The van der Waals surface area contributed by atoms with Gasteiger partial charge in [0.15, 0.2) is 0 Å². The van der Waals surface area contributed by atoms with Crippen molar-refractivity contribution < 1.29 is 0 Å². The van der Waals surface area contributed by atoms with E-state index >= 15 is 0 Å². The van der Waals surface area contributed by atoms with Gasteiger partial charge in [-0.3, -0.25) is 4.99 Å². The largest absolute Gasteiger partial charge is 0.289 e. The third-order valence-corrected chi connectivity index (χ3v) is 3.48. The van der Waals surface area contributed by atoms with E-state index in [1.54, 1.807) is 11.1 Å². The number of dihydropyridines is 1. The lowest BCUT2D eigenvalue weighted by Crippen LogP contribution is -2.27. The second kappa shape index (κ2) is 3.38. The van der Waals surface area contributed by atoms with Crippen LogP contribution in [0.3, 0.4) is 0 Å². The zero-order valence-corrected chi connectivity index (χ0v) is 9.49. The van der Waals surface area contributed by atoms with Crippen LogP contribution >= 0.6 is 0 Å². The Morgan fingerprint density at radius 1 is 0.857 bits per heavy atom. The number of hydrogen-bond acceptors (Lipinski definition) is 1. The highest BCUT2D eigenvalue weighted by Gasteiger charge is 2.29. The third-order valence-electron chi connectivity index (χ3n) is 3.48. The molecule has 0 saturated carbocycles. The molecule has 2 rings (SSSR count). The molecule has 0 aromatic heterocycles.